The van der Waals surface area contributed by atoms with E-state index in [2.05, 4.69) is 37.8 Å². The molecule has 0 saturated carbocycles. The van der Waals surface area contributed by atoms with Crippen LogP contribution >= 0.6 is 0 Å². The summed E-state index contributed by atoms with van der Waals surface area (Å²) in [4.78, 5) is 0. The average molecular weight is 174 g/mol. The van der Waals surface area contributed by atoms with E-state index in [-0.39, 0.29) is 5.60 Å². The minimum atomic E-state index is -0.0665. The highest BCUT2D eigenvalue weighted by Gasteiger charge is 2.53. The fourth-order valence-electron chi connectivity index (χ4n) is 1.85. The Balaban J connectivity index is 2.29. The monoisotopic (exact) mass is 174 g/mol. The summed E-state index contributed by atoms with van der Waals surface area (Å²) in [6.07, 6.45) is 3.15. The Kier molecular flexibility index (Phi) is 1.97. The predicted octanol–water partition coefficient (Wildman–Crippen LogP) is 2.88. The molecule has 0 N–H and O–H groups in total. The van der Waals surface area contributed by atoms with E-state index >= 15 is 0 Å². The molecule has 0 aliphatic carbocycles. The highest BCUT2D eigenvalue weighted by atomic mass is 16.6. The molecule has 1 fully saturated rings. The van der Waals surface area contributed by atoms with E-state index in [1.807, 2.05) is 12.1 Å². The number of rotatable bonds is 3. The number of hydrogen-bond donors (Lipinski definition) is 0. The third-order valence-electron chi connectivity index (χ3n) is 2.70. The normalized spacial score (nSPS) is 31.3. The maximum atomic E-state index is 5.66. The van der Waals surface area contributed by atoms with Crippen LogP contribution in [0, 0.1) is 0 Å². The molecule has 1 heterocycles. The van der Waals surface area contributed by atoms with Crippen molar-refractivity contribution in [2.75, 3.05) is 0 Å². The van der Waals surface area contributed by atoms with Crippen LogP contribution in [-0.4, -0.2) is 6.10 Å². The fraction of sp³-hybridized carbons (Fsp3) is 0.333. The van der Waals surface area contributed by atoms with Crippen LogP contribution in [0.4, 0.5) is 0 Å². The summed E-state index contributed by atoms with van der Waals surface area (Å²) < 4.78 is 5.66. The van der Waals surface area contributed by atoms with Gasteiger partial charge in [0.1, 0.15) is 5.60 Å². The molecule has 68 valence electrons. The summed E-state index contributed by atoms with van der Waals surface area (Å²) in [6, 6.07) is 10.4. The molecule has 0 radical (unpaired) electrons. The van der Waals surface area contributed by atoms with Gasteiger partial charge in [0.05, 0.1) is 6.10 Å². The van der Waals surface area contributed by atoms with E-state index in [1.165, 1.54) is 5.56 Å². The predicted molar refractivity (Wildman–Crippen MR) is 53.5 cm³/mol. The third-order valence-corrected chi connectivity index (χ3v) is 2.70. The van der Waals surface area contributed by atoms with E-state index in [9.17, 15) is 0 Å². The van der Waals surface area contributed by atoms with Crippen LogP contribution in [-0.2, 0) is 10.3 Å². The van der Waals surface area contributed by atoms with Crippen molar-refractivity contribution >= 4 is 0 Å². The molecule has 2 rings (SSSR count). The molecule has 13 heavy (non-hydrogen) atoms. The van der Waals surface area contributed by atoms with E-state index in [0.717, 1.165) is 6.42 Å². The molecule has 1 aliphatic rings. The van der Waals surface area contributed by atoms with Crippen LogP contribution in [0.2, 0.25) is 0 Å². The molecule has 1 aromatic rings. The van der Waals surface area contributed by atoms with Gasteiger partial charge in [0, 0.05) is 6.42 Å². The van der Waals surface area contributed by atoms with Crippen molar-refractivity contribution in [1.29, 1.82) is 0 Å². The molecule has 0 bridgehead atoms. The highest BCUT2D eigenvalue weighted by molar-refractivity contribution is 5.29. The second-order valence-electron chi connectivity index (χ2n) is 3.51. The van der Waals surface area contributed by atoms with Crippen LogP contribution in [0.3, 0.4) is 0 Å². The van der Waals surface area contributed by atoms with Crippen LogP contribution in [0.15, 0.2) is 43.0 Å². The van der Waals surface area contributed by atoms with E-state index in [0.29, 0.717) is 6.10 Å². The summed E-state index contributed by atoms with van der Waals surface area (Å²) >= 11 is 0. The van der Waals surface area contributed by atoms with Crippen molar-refractivity contribution in [2.45, 2.75) is 25.0 Å². The van der Waals surface area contributed by atoms with E-state index in [1.54, 1.807) is 0 Å². The molecule has 1 saturated heterocycles. The van der Waals surface area contributed by atoms with Crippen molar-refractivity contribution in [1.82, 2.24) is 0 Å². The van der Waals surface area contributed by atoms with Crippen LogP contribution < -0.4 is 0 Å². The summed E-state index contributed by atoms with van der Waals surface area (Å²) in [6.45, 7) is 5.87. The number of ether oxygens (including phenoxy) is 1. The first kappa shape index (κ1) is 8.52. The summed E-state index contributed by atoms with van der Waals surface area (Å²) in [5.74, 6) is 0. The van der Waals surface area contributed by atoms with Gasteiger partial charge in [0.15, 0.2) is 0 Å². The zero-order chi connectivity index (χ0) is 9.31. The standard InChI is InChI=1S/C12H14O/c1-3-9-12(10(2)13-12)11-7-5-4-6-8-11/h3-8,10H,1,9H2,2H3/t10-,12+/m1/s1. The molecule has 1 nitrogen and oxygen atoms in total. The Morgan fingerprint density at radius 1 is 1.46 bits per heavy atom. The van der Waals surface area contributed by atoms with Gasteiger partial charge in [-0.1, -0.05) is 36.4 Å². The topological polar surface area (TPSA) is 12.5 Å². The fourth-order valence-corrected chi connectivity index (χ4v) is 1.85. The lowest BCUT2D eigenvalue weighted by molar-refractivity contribution is 0.300. The van der Waals surface area contributed by atoms with Gasteiger partial charge in [0.2, 0.25) is 0 Å². The lowest BCUT2D eigenvalue weighted by Crippen LogP contribution is -2.09. The second kappa shape index (κ2) is 3.00. The van der Waals surface area contributed by atoms with Gasteiger partial charge in [-0.15, -0.1) is 6.58 Å². The Labute approximate surface area is 79.0 Å². The van der Waals surface area contributed by atoms with Gasteiger partial charge in [-0.3, -0.25) is 0 Å². The van der Waals surface area contributed by atoms with Crippen LogP contribution in [0.25, 0.3) is 0 Å². The lowest BCUT2D eigenvalue weighted by atomic mass is 9.93. The first-order valence-corrected chi connectivity index (χ1v) is 4.64. The number of hydrogen-bond acceptors (Lipinski definition) is 1. The molecule has 0 spiro atoms. The summed E-state index contributed by atoms with van der Waals surface area (Å²) in [5.41, 5.74) is 1.20. The molecule has 1 heteroatoms. The quantitative estimate of drug-likeness (QED) is 0.507. The lowest BCUT2D eigenvalue weighted by Gasteiger charge is -2.09. The van der Waals surface area contributed by atoms with Gasteiger partial charge >= 0.3 is 0 Å². The summed E-state index contributed by atoms with van der Waals surface area (Å²) in [5, 5.41) is 0. The number of benzene rings is 1. The van der Waals surface area contributed by atoms with Crippen molar-refractivity contribution in [3.63, 3.8) is 0 Å². The Hall–Kier alpha value is -1.08. The molecule has 1 aliphatic heterocycles. The first-order chi connectivity index (χ1) is 6.29. The second-order valence-corrected chi connectivity index (χ2v) is 3.51. The van der Waals surface area contributed by atoms with Gasteiger partial charge in [-0.25, -0.2) is 0 Å². The molecule has 1 aromatic carbocycles. The van der Waals surface area contributed by atoms with Crippen molar-refractivity contribution < 1.29 is 4.74 Å². The van der Waals surface area contributed by atoms with Gasteiger partial charge in [0.25, 0.3) is 0 Å². The molecule has 2 atom stereocenters. The van der Waals surface area contributed by atoms with Crippen molar-refractivity contribution in [2.24, 2.45) is 0 Å². The van der Waals surface area contributed by atoms with Gasteiger partial charge in [-0.2, -0.15) is 0 Å². The Morgan fingerprint density at radius 3 is 2.54 bits per heavy atom. The molecular formula is C12H14O. The molecule has 0 aromatic heterocycles. The molecular weight excluding hydrogens is 160 g/mol. The van der Waals surface area contributed by atoms with Crippen LogP contribution in [0.1, 0.15) is 18.9 Å². The SMILES string of the molecule is C=CC[C@]1(c2ccccc2)O[C@@H]1C. The van der Waals surface area contributed by atoms with Crippen LogP contribution in [0.5, 0.6) is 0 Å². The third kappa shape index (κ3) is 1.29. The maximum Gasteiger partial charge on any atom is 0.123 e. The zero-order valence-electron chi connectivity index (χ0n) is 7.86. The Morgan fingerprint density at radius 2 is 2.08 bits per heavy atom. The Bertz CT molecular complexity index is 304. The first-order valence-electron chi connectivity index (χ1n) is 4.64. The zero-order valence-corrected chi connectivity index (χ0v) is 7.86. The maximum absolute atomic E-state index is 5.66. The van der Waals surface area contributed by atoms with Crippen molar-refractivity contribution in [3.8, 4) is 0 Å². The van der Waals surface area contributed by atoms with Gasteiger partial charge < -0.3 is 4.74 Å². The minimum Gasteiger partial charge on any atom is -0.361 e. The van der Waals surface area contributed by atoms with E-state index in [4.69, 9.17) is 4.74 Å². The summed E-state index contributed by atoms with van der Waals surface area (Å²) in [7, 11) is 0. The van der Waals surface area contributed by atoms with E-state index < -0.39 is 0 Å². The van der Waals surface area contributed by atoms with Crippen molar-refractivity contribution in [3.05, 3.63) is 48.6 Å². The number of epoxide rings is 1. The molecule has 0 unspecified atom stereocenters. The largest absolute Gasteiger partial charge is 0.361 e. The minimum absolute atomic E-state index is 0.0665. The molecule has 0 amide bonds. The highest BCUT2D eigenvalue weighted by Crippen LogP contribution is 2.48. The van der Waals surface area contributed by atoms with Gasteiger partial charge in [-0.05, 0) is 12.5 Å². The smallest absolute Gasteiger partial charge is 0.123 e. The average Bonchev–Trinajstić information content (AvgIpc) is 2.80.